The van der Waals surface area contributed by atoms with Gasteiger partial charge in [-0.2, -0.15) is 0 Å². The average Bonchev–Trinajstić information content (AvgIpc) is 2.78. The number of carbonyl (C=O) groups is 1. The summed E-state index contributed by atoms with van der Waals surface area (Å²) < 4.78 is 16.5. The second-order valence-electron chi connectivity index (χ2n) is 6.89. The number of nitrogens with two attached hydrogens (primary N) is 1. The molecule has 1 aromatic heterocycles. The molecule has 1 atom stereocenters. The Morgan fingerprint density at radius 1 is 1.17 bits per heavy atom. The molecule has 0 spiro atoms. The van der Waals surface area contributed by atoms with Gasteiger partial charge in [0.05, 0.1) is 25.8 Å². The zero-order valence-electron chi connectivity index (χ0n) is 16.7. The Labute approximate surface area is 174 Å². The van der Waals surface area contributed by atoms with Gasteiger partial charge in [-0.3, -0.25) is 4.79 Å². The van der Waals surface area contributed by atoms with Crippen LogP contribution in [-0.4, -0.2) is 36.7 Å². The molecule has 8 nitrogen and oxygen atoms in total. The van der Waals surface area contributed by atoms with Crippen molar-refractivity contribution in [3.8, 4) is 28.5 Å². The predicted molar refractivity (Wildman–Crippen MR) is 113 cm³/mol. The molecule has 4 rings (SSSR count). The molecule has 0 aliphatic carbocycles. The lowest BCUT2D eigenvalue weighted by Gasteiger charge is -2.25. The second kappa shape index (κ2) is 8.28. The molecule has 0 saturated heterocycles. The fourth-order valence-electron chi connectivity index (χ4n) is 3.41. The first-order valence-electron chi connectivity index (χ1n) is 9.45. The van der Waals surface area contributed by atoms with Crippen LogP contribution < -0.4 is 25.3 Å². The highest BCUT2D eigenvalue weighted by atomic mass is 16.5. The van der Waals surface area contributed by atoms with Crippen molar-refractivity contribution in [3.63, 3.8) is 0 Å². The fraction of sp³-hybridized carbons (Fsp3) is 0.227. The van der Waals surface area contributed by atoms with Crippen LogP contribution in [-0.2, 0) is 11.2 Å². The Kier molecular flexibility index (Phi) is 5.38. The van der Waals surface area contributed by atoms with Crippen molar-refractivity contribution >= 4 is 17.5 Å². The normalized spacial score (nSPS) is 14.9. The number of amides is 1. The van der Waals surface area contributed by atoms with Crippen molar-refractivity contribution in [2.45, 2.75) is 6.42 Å². The Bertz CT molecular complexity index is 1090. The SMILES string of the molecule is COc1ccc2c(c1)C[C@@H](C(=O)Nc1ccc(-c3ccnc(N)n3)c(OC)c1)CO2. The smallest absolute Gasteiger partial charge is 0.231 e. The number of aromatic nitrogens is 2. The molecular formula is C22H22N4O4. The topological polar surface area (TPSA) is 109 Å². The van der Waals surface area contributed by atoms with Crippen LogP contribution in [0.3, 0.4) is 0 Å². The molecule has 154 valence electrons. The number of methoxy groups -OCH3 is 2. The average molecular weight is 406 g/mol. The Morgan fingerprint density at radius 3 is 2.80 bits per heavy atom. The Morgan fingerprint density at radius 2 is 2.03 bits per heavy atom. The van der Waals surface area contributed by atoms with E-state index in [0.717, 1.165) is 22.6 Å². The summed E-state index contributed by atoms with van der Waals surface area (Å²) in [5.74, 6) is 1.85. The van der Waals surface area contributed by atoms with E-state index in [1.807, 2.05) is 24.3 Å². The summed E-state index contributed by atoms with van der Waals surface area (Å²) >= 11 is 0. The molecule has 8 heteroatoms. The van der Waals surface area contributed by atoms with Crippen LogP contribution >= 0.6 is 0 Å². The fourth-order valence-corrected chi connectivity index (χ4v) is 3.41. The number of nitrogens with one attached hydrogen (secondary N) is 1. The summed E-state index contributed by atoms with van der Waals surface area (Å²) in [6.07, 6.45) is 2.16. The first kappa shape index (κ1) is 19.5. The van der Waals surface area contributed by atoms with E-state index in [1.54, 1.807) is 38.6 Å². The molecular weight excluding hydrogens is 384 g/mol. The minimum absolute atomic E-state index is 0.121. The van der Waals surface area contributed by atoms with Crippen molar-refractivity contribution in [2.75, 3.05) is 31.9 Å². The van der Waals surface area contributed by atoms with E-state index in [-0.39, 0.29) is 17.8 Å². The highest BCUT2D eigenvalue weighted by Gasteiger charge is 2.26. The molecule has 0 fully saturated rings. The van der Waals surface area contributed by atoms with Gasteiger partial charge in [-0.25, -0.2) is 9.97 Å². The lowest BCUT2D eigenvalue weighted by Crippen LogP contribution is -2.32. The molecule has 3 aromatic rings. The maximum Gasteiger partial charge on any atom is 0.231 e. The van der Waals surface area contributed by atoms with Gasteiger partial charge in [-0.05, 0) is 48.4 Å². The van der Waals surface area contributed by atoms with E-state index in [0.29, 0.717) is 30.2 Å². The lowest BCUT2D eigenvalue weighted by atomic mass is 9.95. The van der Waals surface area contributed by atoms with Crippen molar-refractivity contribution < 1.29 is 19.0 Å². The number of hydrogen-bond acceptors (Lipinski definition) is 7. The molecule has 1 amide bonds. The zero-order chi connectivity index (χ0) is 21.1. The summed E-state index contributed by atoms with van der Waals surface area (Å²) in [7, 11) is 3.18. The number of fused-ring (bicyclic) bond motifs is 1. The summed E-state index contributed by atoms with van der Waals surface area (Å²) in [5, 5.41) is 2.95. The van der Waals surface area contributed by atoms with Crippen LogP contribution in [0.4, 0.5) is 11.6 Å². The van der Waals surface area contributed by atoms with Gasteiger partial charge in [0, 0.05) is 23.5 Å². The molecule has 1 aliphatic heterocycles. The van der Waals surface area contributed by atoms with Gasteiger partial charge in [0.15, 0.2) is 0 Å². The number of benzene rings is 2. The standard InChI is InChI=1S/C22H22N4O4/c1-28-16-4-6-19-13(10-16)9-14(12-30-19)21(27)25-15-3-5-17(20(11-15)29-2)18-7-8-24-22(23)26-18/h3-8,10-11,14H,9,12H2,1-2H3,(H,25,27)(H2,23,24,26)/t14-/m1/s1. The maximum absolute atomic E-state index is 12.8. The minimum Gasteiger partial charge on any atom is -0.497 e. The van der Waals surface area contributed by atoms with Crippen LogP contribution in [0.2, 0.25) is 0 Å². The summed E-state index contributed by atoms with van der Waals surface area (Å²) in [6, 6.07) is 12.7. The van der Waals surface area contributed by atoms with Crippen LogP contribution in [0.5, 0.6) is 17.2 Å². The van der Waals surface area contributed by atoms with Crippen molar-refractivity contribution in [1.82, 2.24) is 9.97 Å². The van der Waals surface area contributed by atoms with Gasteiger partial charge in [-0.15, -0.1) is 0 Å². The molecule has 1 aliphatic rings. The molecule has 0 radical (unpaired) electrons. The van der Waals surface area contributed by atoms with Crippen LogP contribution in [0.1, 0.15) is 5.56 Å². The lowest BCUT2D eigenvalue weighted by molar-refractivity contribution is -0.121. The van der Waals surface area contributed by atoms with Gasteiger partial charge in [0.25, 0.3) is 0 Å². The molecule has 0 bridgehead atoms. The van der Waals surface area contributed by atoms with Crippen molar-refractivity contribution in [3.05, 3.63) is 54.2 Å². The number of ether oxygens (including phenoxy) is 3. The monoisotopic (exact) mass is 406 g/mol. The van der Waals surface area contributed by atoms with E-state index >= 15 is 0 Å². The number of anilines is 2. The third-order valence-corrected chi connectivity index (χ3v) is 4.96. The first-order valence-corrected chi connectivity index (χ1v) is 9.45. The van der Waals surface area contributed by atoms with Gasteiger partial charge < -0.3 is 25.3 Å². The van der Waals surface area contributed by atoms with Gasteiger partial charge in [-0.1, -0.05) is 0 Å². The van der Waals surface area contributed by atoms with E-state index in [9.17, 15) is 4.79 Å². The number of nitrogen functional groups attached to an aromatic ring is 1. The quantitative estimate of drug-likeness (QED) is 0.670. The number of hydrogen-bond donors (Lipinski definition) is 2. The summed E-state index contributed by atoms with van der Waals surface area (Å²) in [6.45, 7) is 0.320. The van der Waals surface area contributed by atoms with Gasteiger partial charge in [0.1, 0.15) is 23.9 Å². The van der Waals surface area contributed by atoms with E-state index in [2.05, 4.69) is 15.3 Å². The molecule has 0 unspecified atom stereocenters. The highest BCUT2D eigenvalue weighted by molar-refractivity contribution is 5.93. The van der Waals surface area contributed by atoms with E-state index in [1.165, 1.54) is 0 Å². The Hall–Kier alpha value is -3.81. The number of rotatable bonds is 5. The van der Waals surface area contributed by atoms with Crippen LogP contribution in [0, 0.1) is 5.92 Å². The van der Waals surface area contributed by atoms with Crippen LogP contribution in [0.15, 0.2) is 48.7 Å². The Balaban J connectivity index is 1.51. The molecule has 3 N–H and O–H groups in total. The van der Waals surface area contributed by atoms with Gasteiger partial charge in [0.2, 0.25) is 11.9 Å². The third-order valence-electron chi connectivity index (χ3n) is 4.96. The molecule has 2 heterocycles. The first-order chi connectivity index (χ1) is 14.6. The largest absolute Gasteiger partial charge is 0.497 e. The molecule has 30 heavy (non-hydrogen) atoms. The minimum atomic E-state index is -0.308. The van der Waals surface area contributed by atoms with Crippen molar-refractivity contribution in [2.24, 2.45) is 5.92 Å². The highest BCUT2D eigenvalue weighted by Crippen LogP contribution is 2.33. The summed E-state index contributed by atoms with van der Waals surface area (Å²) in [5.41, 5.74) is 8.65. The van der Waals surface area contributed by atoms with E-state index < -0.39 is 0 Å². The predicted octanol–water partition coefficient (Wildman–Crippen LogP) is 2.93. The molecule has 2 aromatic carbocycles. The number of carbonyl (C=O) groups excluding carboxylic acids is 1. The maximum atomic E-state index is 12.8. The molecule has 0 saturated carbocycles. The van der Waals surface area contributed by atoms with Crippen molar-refractivity contribution in [1.29, 1.82) is 0 Å². The van der Waals surface area contributed by atoms with Gasteiger partial charge >= 0.3 is 0 Å². The number of nitrogens with zero attached hydrogens (tertiary/aromatic N) is 2. The second-order valence-corrected chi connectivity index (χ2v) is 6.89. The third kappa shape index (κ3) is 3.98. The van der Waals surface area contributed by atoms with Crippen LogP contribution in [0.25, 0.3) is 11.3 Å². The summed E-state index contributed by atoms with van der Waals surface area (Å²) in [4.78, 5) is 21.0. The zero-order valence-corrected chi connectivity index (χ0v) is 16.7. The van der Waals surface area contributed by atoms with E-state index in [4.69, 9.17) is 19.9 Å².